The van der Waals surface area contributed by atoms with Crippen molar-refractivity contribution in [2.24, 2.45) is 5.92 Å². The molecule has 1 aliphatic rings. The fraction of sp³-hybridized carbons (Fsp3) is 0.571. The average molecular weight is 461 g/mol. The molecule has 0 aromatic heterocycles. The fourth-order valence-electron chi connectivity index (χ4n) is 4.16. The van der Waals surface area contributed by atoms with Gasteiger partial charge < -0.3 is 14.2 Å². The van der Waals surface area contributed by atoms with Crippen molar-refractivity contribution in [3.05, 3.63) is 53.6 Å². The second-order valence-electron chi connectivity index (χ2n) is 8.98. The van der Waals surface area contributed by atoms with Gasteiger partial charge in [-0.15, -0.1) is 0 Å². The van der Waals surface area contributed by atoms with Crippen molar-refractivity contribution in [2.45, 2.75) is 77.9 Å². The van der Waals surface area contributed by atoms with Crippen LogP contribution in [0.25, 0.3) is 11.1 Å². The van der Waals surface area contributed by atoms with Crippen LogP contribution in [0.4, 0.5) is 8.78 Å². The largest absolute Gasteiger partial charge is 0.490 e. The summed E-state index contributed by atoms with van der Waals surface area (Å²) in [6.07, 6.45) is 9.83. The van der Waals surface area contributed by atoms with Crippen LogP contribution in [0, 0.1) is 17.6 Å². The molecule has 0 aliphatic carbocycles. The van der Waals surface area contributed by atoms with Gasteiger partial charge >= 0.3 is 0 Å². The average Bonchev–Trinajstić information content (AvgIpc) is 2.85. The first-order valence-electron chi connectivity index (χ1n) is 12.6. The van der Waals surface area contributed by atoms with Crippen LogP contribution in [0.15, 0.2) is 36.4 Å². The number of halogens is 2. The Labute approximate surface area is 197 Å². The van der Waals surface area contributed by atoms with Crippen LogP contribution in [0.2, 0.25) is 0 Å². The van der Waals surface area contributed by atoms with E-state index in [0.29, 0.717) is 31.3 Å². The fourth-order valence-corrected chi connectivity index (χ4v) is 4.16. The summed E-state index contributed by atoms with van der Waals surface area (Å²) in [6, 6.07) is 10.4. The number of ether oxygens (including phenoxy) is 3. The van der Waals surface area contributed by atoms with Gasteiger partial charge in [-0.2, -0.15) is 4.39 Å². The summed E-state index contributed by atoms with van der Waals surface area (Å²) in [6.45, 7) is 6.12. The monoisotopic (exact) mass is 460 g/mol. The summed E-state index contributed by atoms with van der Waals surface area (Å²) in [4.78, 5) is 0. The van der Waals surface area contributed by atoms with E-state index >= 15 is 0 Å². The highest BCUT2D eigenvalue weighted by atomic mass is 19.2. The Kier molecular flexibility index (Phi) is 10.6. The predicted molar refractivity (Wildman–Crippen MR) is 128 cm³/mol. The van der Waals surface area contributed by atoms with Gasteiger partial charge in [0.25, 0.3) is 0 Å². The molecule has 2 aromatic rings. The Bertz CT molecular complexity index is 830. The van der Waals surface area contributed by atoms with Gasteiger partial charge in [0.15, 0.2) is 17.9 Å². The summed E-state index contributed by atoms with van der Waals surface area (Å²) in [7, 11) is 0. The Morgan fingerprint density at radius 2 is 1.45 bits per heavy atom. The zero-order chi connectivity index (χ0) is 23.5. The molecular weight excluding hydrogens is 422 g/mol. The van der Waals surface area contributed by atoms with Crippen LogP contribution in [-0.4, -0.2) is 19.8 Å². The highest BCUT2D eigenvalue weighted by molar-refractivity contribution is 5.65. The first-order valence-corrected chi connectivity index (χ1v) is 12.6. The van der Waals surface area contributed by atoms with E-state index in [1.54, 1.807) is 18.2 Å². The molecule has 3 rings (SSSR count). The van der Waals surface area contributed by atoms with Gasteiger partial charge in [0.05, 0.1) is 19.8 Å². The van der Waals surface area contributed by atoms with E-state index in [4.69, 9.17) is 14.2 Å². The molecule has 3 nitrogen and oxygen atoms in total. The third kappa shape index (κ3) is 7.51. The molecule has 5 heteroatoms. The van der Waals surface area contributed by atoms with Gasteiger partial charge in [0.1, 0.15) is 0 Å². The molecule has 1 aliphatic heterocycles. The number of hydrogen-bond acceptors (Lipinski definition) is 3. The van der Waals surface area contributed by atoms with Crippen molar-refractivity contribution < 1.29 is 23.0 Å². The lowest BCUT2D eigenvalue weighted by Crippen LogP contribution is -2.27. The van der Waals surface area contributed by atoms with Crippen molar-refractivity contribution in [1.29, 1.82) is 0 Å². The third-order valence-corrected chi connectivity index (χ3v) is 6.23. The standard InChI is InChI=1S/C28H38F2O3/c1-3-5-7-9-11-21-19-32-28(33-20-21)23-14-12-22(13-15-23)24-16-17-25(27(30)26(24)29)31-18-10-8-6-4-2/h12-17,21,28H,3-11,18-20H2,1-2H3. The molecule has 0 N–H and O–H groups in total. The van der Waals surface area contributed by atoms with Gasteiger partial charge in [-0.3, -0.25) is 0 Å². The van der Waals surface area contributed by atoms with E-state index in [9.17, 15) is 8.78 Å². The molecule has 0 spiro atoms. The van der Waals surface area contributed by atoms with Gasteiger partial charge in [-0.25, -0.2) is 4.39 Å². The van der Waals surface area contributed by atoms with Crippen molar-refractivity contribution in [1.82, 2.24) is 0 Å². The van der Waals surface area contributed by atoms with Crippen LogP contribution in [-0.2, 0) is 9.47 Å². The van der Waals surface area contributed by atoms with Crippen molar-refractivity contribution in [2.75, 3.05) is 19.8 Å². The van der Waals surface area contributed by atoms with Crippen molar-refractivity contribution in [3.8, 4) is 16.9 Å². The van der Waals surface area contributed by atoms with Crippen molar-refractivity contribution in [3.63, 3.8) is 0 Å². The molecule has 33 heavy (non-hydrogen) atoms. The minimum atomic E-state index is -0.934. The first-order chi connectivity index (χ1) is 16.1. The maximum absolute atomic E-state index is 14.7. The molecule has 0 amide bonds. The molecule has 0 atom stereocenters. The van der Waals surface area contributed by atoms with E-state index in [1.807, 2.05) is 12.1 Å². The quantitative estimate of drug-likeness (QED) is 0.282. The SMILES string of the molecule is CCCCCCOc1ccc(-c2ccc(C3OCC(CCCCCC)CO3)cc2)c(F)c1F. The lowest BCUT2D eigenvalue weighted by molar-refractivity contribution is -0.206. The van der Waals surface area contributed by atoms with Gasteiger partial charge in [0.2, 0.25) is 5.82 Å². The lowest BCUT2D eigenvalue weighted by atomic mass is 10.0. The zero-order valence-electron chi connectivity index (χ0n) is 20.1. The Morgan fingerprint density at radius 1 is 0.788 bits per heavy atom. The van der Waals surface area contributed by atoms with Gasteiger partial charge in [-0.05, 0) is 30.5 Å². The van der Waals surface area contributed by atoms with E-state index in [0.717, 1.165) is 37.7 Å². The number of rotatable bonds is 13. The maximum atomic E-state index is 14.7. The van der Waals surface area contributed by atoms with Crippen molar-refractivity contribution >= 4 is 0 Å². The highest BCUT2D eigenvalue weighted by Gasteiger charge is 2.23. The van der Waals surface area contributed by atoms with Gasteiger partial charge in [-0.1, -0.05) is 83.1 Å². The van der Waals surface area contributed by atoms with Gasteiger partial charge in [0, 0.05) is 17.0 Å². The minimum absolute atomic E-state index is 0.0300. The van der Waals surface area contributed by atoms with Crippen LogP contribution >= 0.6 is 0 Å². The van der Waals surface area contributed by atoms with E-state index in [2.05, 4.69) is 13.8 Å². The normalized spacial score (nSPS) is 18.4. The molecule has 1 heterocycles. The first kappa shape index (κ1) is 25.6. The second kappa shape index (κ2) is 13.7. The second-order valence-corrected chi connectivity index (χ2v) is 8.98. The Morgan fingerprint density at radius 3 is 2.12 bits per heavy atom. The van der Waals surface area contributed by atoms with Crippen LogP contribution in [0.5, 0.6) is 5.75 Å². The summed E-state index contributed by atoms with van der Waals surface area (Å²) >= 11 is 0. The molecule has 182 valence electrons. The number of hydrogen-bond donors (Lipinski definition) is 0. The molecule has 1 saturated heterocycles. The summed E-state index contributed by atoms with van der Waals surface area (Å²) in [5.74, 6) is -1.40. The number of benzene rings is 2. The predicted octanol–water partition coefficient (Wildman–Crippen LogP) is 8.22. The summed E-state index contributed by atoms with van der Waals surface area (Å²) in [5.41, 5.74) is 1.71. The van der Waals surface area contributed by atoms with E-state index in [1.165, 1.54) is 31.7 Å². The molecule has 0 bridgehead atoms. The van der Waals surface area contributed by atoms with Crippen LogP contribution in [0.3, 0.4) is 0 Å². The van der Waals surface area contributed by atoms with E-state index in [-0.39, 0.29) is 11.3 Å². The molecule has 2 aromatic carbocycles. The zero-order valence-corrected chi connectivity index (χ0v) is 20.1. The lowest BCUT2D eigenvalue weighted by Gasteiger charge is -2.29. The molecule has 0 radical (unpaired) electrons. The molecule has 1 fully saturated rings. The minimum Gasteiger partial charge on any atom is -0.490 e. The molecule has 0 saturated carbocycles. The molecular formula is C28H38F2O3. The highest BCUT2D eigenvalue weighted by Crippen LogP contribution is 2.32. The van der Waals surface area contributed by atoms with E-state index < -0.39 is 17.9 Å². The maximum Gasteiger partial charge on any atom is 0.201 e. The van der Waals surface area contributed by atoms with Crippen LogP contribution in [0.1, 0.15) is 83.5 Å². The summed E-state index contributed by atoms with van der Waals surface area (Å²) in [5, 5.41) is 0. The Hall–Kier alpha value is -1.98. The number of unbranched alkanes of at least 4 members (excludes halogenated alkanes) is 6. The smallest absolute Gasteiger partial charge is 0.201 e. The van der Waals surface area contributed by atoms with Crippen LogP contribution < -0.4 is 4.74 Å². The summed E-state index contributed by atoms with van der Waals surface area (Å²) < 4.78 is 46.5. The topological polar surface area (TPSA) is 27.7 Å². The molecule has 0 unspecified atom stereocenters. The third-order valence-electron chi connectivity index (χ3n) is 6.23. The Balaban J connectivity index is 1.54.